The van der Waals surface area contributed by atoms with Gasteiger partial charge in [-0.05, 0) is 86.1 Å². The Balaban J connectivity index is 1.34. The Morgan fingerprint density at radius 1 is 0.923 bits per heavy atom. The second kappa shape index (κ2) is 14.1. The molecule has 0 radical (unpaired) electrons. The average Bonchev–Trinajstić information content (AvgIpc) is 2.95. The summed E-state index contributed by atoms with van der Waals surface area (Å²) in [6.07, 6.45) is 1.51. The number of amides is 1. The minimum Gasteiger partial charge on any atom is -0.466 e. The minimum absolute atomic E-state index is 0.0373. The van der Waals surface area contributed by atoms with Crippen molar-refractivity contribution in [2.24, 2.45) is 5.92 Å². The van der Waals surface area contributed by atoms with Crippen LogP contribution in [0.1, 0.15) is 31.4 Å². The van der Waals surface area contributed by atoms with Crippen molar-refractivity contribution in [2.45, 2.75) is 25.8 Å². The molecule has 1 amide bonds. The first-order valence-corrected chi connectivity index (χ1v) is 14.1. The third-order valence-corrected chi connectivity index (χ3v) is 7.08. The molecule has 1 unspecified atom stereocenters. The van der Waals surface area contributed by atoms with Crippen LogP contribution < -0.4 is 21.4 Å². The highest BCUT2D eigenvalue weighted by Gasteiger charge is 2.26. The summed E-state index contributed by atoms with van der Waals surface area (Å²) in [5.74, 6) is -0.377. The van der Waals surface area contributed by atoms with Crippen LogP contribution in [0.25, 0.3) is 0 Å². The number of ether oxygens (including phenoxy) is 1. The summed E-state index contributed by atoms with van der Waals surface area (Å²) in [5, 5.41) is 11.7. The number of thiocarbonyl (C=S) groups is 1. The standard InChI is InChI=1S/C29H32BrN5O3S/c1-2-38-28(37)21-16-18-35(19-17-21)34-25-14-12-23(13-15-25)31-27(36)26(20-6-4-3-5-7-20)33-29(39)32-24-10-8-22(30)9-11-24/h3-15,21,26,34H,2,16-19H2,1H3,(H,31,36)(H2,32,33,39). The molecule has 1 heterocycles. The topological polar surface area (TPSA) is 94.7 Å². The maximum Gasteiger partial charge on any atom is 0.309 e. The average molecular weight is 611 g/mol. The molecule has 1 aliphatic heterocycles. The molecule has 0 aliphatic carbocycles. The van der Waals surface area contributed by atoms with Crippen molar-refractivity contribution in [1.29, 1.82) is 0 Å². The van der Waals surface area contributed by atoms with Crippen LogP contribution in [0.15, 0.2) is 83.3 Å². The largest absolute Gasteiger partial charge is 0.466 e. The zero-order chi connectivity index (χ0) is 27.6. The Labute approximate surface area is 242 Å². The molecule has 3 aromatic rings. The predicted molar refractivity (Wildman–Crippen MR) is 162 cm³/mol. The minimum atomic E-state index is -0.694. The molecule has 1 aliphatic rings. The van der Waals surface area contributed by atoms with E-state index in [4.69, 9.17) is 17.0 Å². The van der Waals surface area contributed by atoms with Crippen molar-refractivity contribution in [2.75, 3.05) is 35.8 Å². The molecule has 1 fully saturated rings. The molecular weight excluding hydrogens is 578 g/mol. The molecule has 1 atom stereocenters. The number of halogens is 1. The summed E-state index contributed by atoms with van der Waals surface area (Å²) in [6.45, 7) is 3.75. The van der Waals surface area contributed by atoms with E-state index < -0.39 is 6.04 Å². The van der Waals surface area contributed by atoms with Gasteiger partial charge in [0.2, 0.25) is 0 Å². The number of benzene rings is 3. The fourth-order valence-electron chi connectivity index (χ4n) is 4.29. The highest BCUT2D eigenvalue weighted by atomic mass is 79.9. The monoisotopic (exact) mass is 609 g/mol. The Bertz CT molecular complexity index is 1250. The highest BCUT2D eigenvalue weighted by molar-refractivity contribution is 9.10. The summed E-state index contributed by atoms with van der Waals surface area (Å²) < 4.78 is 6.11. The number of hydrazine groups is 1. The number of rotatable bonds is 9. The van der Waals surface area contributed by atoms with Gasteiger partial charge in [-0.1, -0.05) is 46.3 Å². The molecule has 39 heavy (non-hydrogen) atoms. The van der Waals surface area contributed by atoms with Crippen LogP contribution in [0.5, 0.6) is 0 Å². The van der Waals surface area contributed by atoms with E-state index >= 15 is 0 Å². The van der Waals surface area contributed by atoms with E-state index in [-0.39, 0.29) is 17.8 Å². The number of carbonyl (C=O) groups is 2. The fraction of sp³-hybridized carbons (Fsp3) is 0.276. The van der Waals surface area contributed by atoms with Gasteiger partial charge >= 0.3 is 5.97 Å². The van der Waals surface area contributed by atoms with Gasteiger partial charge in [0.15, 0.2) is 5.11 Å². The SMILES string of the molecule is CCOC(=O)C1CCN(Nc2ccc(NC(=O)C(NC(=S)Nc3ccc(Br)cc3)c3ccccc3)cc2)CC1. The van der Waals surface area contributed by atoms with Crippen LogP contribution in [-0.2, 0) is 14.3 Å². The Kier molecular flexibility index (Phi) is 10.3. The summed E-state index contributed by atoms with van der Waals surface area (Å²) in [6, 6.07) is 23.9. The molecule has 0 spiro atoms. The van der Waals surface area contributed by atoms with Crippen molar-refractivity contribution < 1.29 is 14.3 Å². The van der Waals surface area contributed by atoms with Gasteiger partial charge in [-0.15, -0.1) is 0 Å². The van der Waals surface area contributed by atoms with E-state index in [1.165, 1.54) is 0 Å². The molecule has 10 heteroatoms. The van der Waals surface area contributed by atoms with Crippen LogP contribution >= 0.6 is 28.1 Å². The predicted octanol–water partition coefficient (Wildman–Crippen LogP) is 5.72. The number of esters is 1. The third-order valence-electron chi connectivity index (χ3n) is 6.33. The smallest absolute Gasteiger partial charge is 0.309 e. The van der Waals surface area contributed by atoms with Crippen molar-refractivity contribution >= 4 is 62.2 Å². The molecule has 3 aromatic carbocycles. The van der Waals surface area contributed by atoms with E-state index in [2.05, 4.69) is 42.3 Å². The molecule has 4 rings (SSSR count). The molecule has 0 bridgehead atoms. The lowest BCUT2D eigenvalue weighted by Crippen LogP contribution is -2.40. The normalized spacial score (nSPS) is 14.6. The van der Waals surface area contributed by atoms with Gasteiger partial charge in [0, 0.05) is 34.6 Å². The van der Waals surface area contributed by atoms with Gasteiger partial charge in [0.25, 0.3) is 5.91 Å². The van der Waals surface area contributed by atoms with Gasteiger partial charge in [-0.2, -0.15) is 0 Å². The molecule has 204 valence electrons. The van der Waals surface area contributed by atoms with Gasteiger partial charge < -0.3 is 26.1 Å². The van der Waals surface area contributed by atoms with Crippen LogP contribution in [0.2, 0.25) is 0 Å². The zero-order valence-electron chi connectivity index (χ0n) is 21.7. The second-order valence-electron chi connectivity index (χ2n) is 9.14. The maximum absolute atomic E-state index is 13.4. The molecule has 0 saturated carbocycles. The summed E-state index contributed by atoms with van der Waals surface area (Å²) in [5.41, 5.74) is 6.56. The van der Waals surface area contributed by atoms with E-state index in [1.54, 1.807) is 0 Å². The van der Waals surface area contributed by atoms with Crippen LogP contribution in [-0.4, -0.2) is 41.7 Å². The quantitative estimate of drug-likeness (QED) is 0.181. The van der Waals surface area contributed by atoms with E-state index in [0.717, 1.165) is 47.3 Å². The van der Waals surface area contributed by atoms with Crippen LogP contribution in [0, 0.1) is 5.92 Å². The Morgan fingerprint density at radius 3 is 2.15 bits per heavy atom. The second-order valence-corrected chi connectivity index (χ2v) is 10.5. The lowest BCUT2D eigenvalue weighted by atomic mass is 9.98. The van der Waals surface area contributed by atoms with Gasteiger partial charge in [-0.3, -0.25) is 9.59 Å². The summed E-state index contributed by atoms with van der Waals surface area (Å²) in [4.78, 5) is 25.3. The van der Waals surface area contributed by atoms with Gasteiger partial charge in [-0.25, -0.2) is 5.01 Å². The van der Waals surface area contributed by atoms with Crippen molar-refractivity contribution in [1.82, 2.24) is 10.3 Å². The van der Waals surface area contributed by atoms with Crippen molar-refractivity contribution in [3.8, 4) is 0 Å². The van der Waals surface area contributed by atoms with Crippen LogP contribution in [0.3, 0.4) is 0 Å². The molecule has 0 aromatic heterocycles. The van der Waals surface area contributed by atoms with Crippen LogP contribution in [0.4, 0.5) is 17.1 Å². The maximum atomic E-state index is 13.4. The van der Waals surface area contributed by atoms with Crippen molar-refractivity contribution in [3.63, 3.8) is 0 Å². The highest BCUT2D eigenvalue weighted by Crippen LogP contribution is 2.22. The molecule has 8 nitrogen and oxygen atoms in total. The number of hydrogen-bond acceptors (Lipinski definition) is 6. The lowest BCUT2D eigenvalue weighted by Gasteiger charge is -2.31. The Hall–Kier alpha value is -3.47. The van der Waals surface area contributed by atoms with E-state index in [9.17, 15) is 9.59 Å². The third kappa shape index (κ3) is 8.51. The number of nitrogens with one attached hydrogen (secondary N) is 4. The molecular formula is C29H32BrN5O3S. The van der Waals surface area contributed by atoms with Crippen molar-refractivity contribution in [3.05, 3.63) is 88.9 Å². The number of hydrogen-bond donors (Lipinski definition) is 4. The van der Waals surface area contributed by atoms with Gasteiger partial charge in [0.05, 0.1) is 12.5 Å². The van der Waals surface area contributed by atoms with E-state index in [1.807, 2.05) is 85.8 Å². The molecule has 1 saturated heterocycles. The van der Waals surface area contributed by atoms with E-state index in [0.29, 0.717) is 17.4 Å². The fourth-order valence-corrected chi connectivity index (χ4v) is 4.79. The molecule has 4 N–H and O–H groups in total. The summed E-state index contributed by atoms with van der Waals surface area (Å²) >= 11 is 8.93. The lowest BCUT2D eigenvalue weighted by molar-refractivity contribution is -0.149. The Morgan fingerprint density at radius 2 is 1.51 bits per heavy atom. The number of nitrogens with zero attached hydrogens (tertiary/aromatic N) is 1. The first-order chi connectivity index (χ1) is 18.9. The first kappa shape index (κ1) is 28.5. The number of piperidine rings is 1. The number of carbonyl (C=O) groups excluding carboxylic acids is 2. The first-order valence-electron chi connectivity index (χ1n) is 12.9. The van der Waals surface area contributed by atoms with Gasteiger partial charge in [0.1, 0.15) is 6.04 Å². The summed E-state index contributed by atoms with van der Waals surface area (Å²) in [7, 11) is 0. The number of anilines is 3. The zero-order valence-corrected chi connectivity index (χ0v) is 24.1.